The largest absolute Gasteiger partial charge is 0.369 e. The Morgan fingerprint density at radius 3 is 3.05 bits per heavy atom. The third kappa shape index (κ3) is 2.97. The topological polar surface area (TPSA) is 52.0 Å². The summed E-state index contributed by atoms with van der Waals surface area (Å²) in [5, 5.41) is 11.2. The fourth-order valence-corrected chi connectivity index (χ4v) is 2.10. The van der Waals surface area contributed by atoms with Gasteiger partial charge in [0.1, 0.15) is 5.82 Å². The van der Waals surface area contributed by atoms with Crippen molar-refractivity contribution in [2.24, 2.45) is 0 Å². The molecule has 2 heterocycles. The summed E-state index contributed by atoms with van der Waals surface area (Å²) < 4.78 is 20.3. The number of nitrogens with one attached hydrogen (secondary N) is 1. The van der Waals surface area contributed by atoms with Crippen LogP contribution in [0.1, 0.15) is 11.3 Å². The normalized spacial score (nSPS) is 18.3. The summed E-state index contributed by atoms with van der Waals surface area (Å²) in [7, 11) is 0. The molecular formula is C13H15FN4O. The molecule has 0 unspecified atom stereocenters. The fourth-order valence-electron chi connectivity index (χ4n) is 2.10. The van der Waals surface area contributed by atoms with Crippen LogP contribution in [0.15, 0.2) is 30.5 Å². The van der Waals surface area contributed by atoms with Gasteiger partial charge in [-0.05, 0) is 17.7 Å². The minimum absolute atomic E-state index is 0.0923. The first-order valence-electron chi connectivity index (χ1n) is 6.25. The van der Waals surface area contributed by atoms with E-state index in [0.717, 1.165) is 17.8 Å². The van der Waals surface area contributed by atoms with Crippen molar-refractivity contribution in [2.45, 2.75) is 25.8 Å². The summed E-state index contributed by atoms with van der Waals surface area (Å²) in [6.07, 6.45) is 1.82. The highest BCUT2D eigenvalue weighted by Gasteiger charge is 2.19. The molecule has 1 atom stereocenters. The molecule has 5 nitrogen and oxygen atoms in total. The van der Waals surface area contributed by atoms with Crippen LogP contribution in [0.3, 0.4) is 0 Å². The lowest BCUT2D eigenvalue weighted by atomic mass is 10.2. The summed E-state index contributed by atoms with van der Waals surface area (Å²) in [5.74, 6) is -0.210. The average molecular weight is 262 g/mol. The minimum atomic E-state index is -0.210. The number of hydrogen-bond acceptors (Lipinski definition) is 4. The molecule has 100 valence electrons. The van der Waals surface area contributed by atoms with Crippen LogP contribution >= 0.6 is 0 Å². The molecule has 2 aromatic rings. The van der Waals surface area contributed by atoms with Crippen molar-refractivity contribution in [1.29, 1.82) is 0 Å². The van der Waals surface area contributed by atoms with E-state index < -0.39 is 0 Å². The number of halogens is 1. The molecule has 1 aliphatic rings. The molecule has 1 aromatic carbocycles. The van der Waals surface area contributed by atoms with Crippen molar-refractivity contribution in [1.82, 2.24) is 20.3 Å². The Hall–Kier alpha value is -1.79. The SMILES string of the molecule is Fc1ccc(CNC[C@@H]2Cn3nncc3CO2)cc1. The first-order chi connectivity index (χ1) is 9.31. The maximum Gasteiger partial charge on any atom is 0.123 e. The second-order valence-electron chi connectivity index (χ2n) is 4.60. The summed E-state index contributed by atoms with van der Waals surface area (Å²) in [5.41, 5.74) is 2.06. The van der Waals surface area contributed by atoms with E-state index in [1.54, 1.807) is 18.3 Å². The lowest BCUT2D eigenvalue weighted by Crippen LogP contribution is -2.36. The number of ether oxygens (including phenoxy) is 1. The van der Waals surface area contributed by atoms with Gasteiger partial charge < -0.3 is 10.1 Å². The van der Waals surface area contributed by atoms with Crippen LogP contribution in [0.4, 0.5) is 4.39 Å². The van der Waals surface area contributed by atoms with Crippen LogP contribution in [0.25, 0.3) is 0 Å². The summed E-state index contributed by atoms with van der Waals surface area (Å²) in [6.45, 7) is 2.70. The average Bonchev–Trinajstić information content (AvgIpc) is 2.88. The van der Waals surface area contributed by atoms with Gasteiger partial charge in [0.05, 0.1) is 31.1 Å². The van der Waals surface area contributed by atoms with E-state index in [1.165, 1.54) is 12.1 Å². The molecule has 0 bridgehead atoms. The minimum Gasteiger partial charge on any atom is -0.369 e. The van der Waals surface area contributed by atoms with Gasteiger partial charge >= 0.3 is 0 Å². The van der Waals surface area contributed by atoms with Crippen molar-refractivity contribution in [2.75, 3.05) is 6.54 Å². The van der Waals surface area contributed by atoms with Gasteiger partial charge in [0, 0.05) is 13.1 Å². The van der Waals surface area contributed by atoms with E-state index in [1.807, 2.05) is 4.68 Å². The lowest BCUT2D eigenvalue weighted by Gasteiger charge is -2.23. The van der Waals surface area contributed by atoms with Gasteiger partial charge in [-0.2, -0.15) is 0 Å². The molecule has 1 aliphatic heterocycles. The van der Waals surface area contributed by atoms with Crippen molar-refractivity contribution in [3.63, 3.8) is 0 Å². The van der Waals surface area contributed by atoms with Crippen molar-refractivity contribution >= 4 is 0 Å². The molecule has 0 radical (unpaired) electrons. The highest BCUT2D eigenvalue weighted by Crippen LogP contribution is 2.11. The Kier molecular flexibility index (Phi) is 3.52. The Balaban J connectivity index is 1.47. The van der Waals surface area contributed by atoms with Gasteiger partial charge in [-0.15, -0.1) is 5.10 Å². The molecule has 0 spiro atoms. The van der Waals surface area contributed by atoms with E-state index in [9.17, 15) is 4.39 Å². The van der Waals surface area contributed by atoms with Gasteiger partial charge in [0.2, 0.25) is 0 Å². The molecule has 0 saturated carbocycles. The molecule has 19 heavy (non-hydrogen) atoms. The zero-order valence-electron chi connectivity index (χ0n) is 10.4. The highest BCUT2D eigenvalue weighted by atomic mass is 19.1. The van der Waals surface area contributed by atoms with Gasteiger partial charge in [-0.25, -0.2) is 9.07 Å². The Morgan fingerprint density at radius 2 is 2.21 bits per heavy atom. The fraction of sp³-hybridized carbons (Fsp3) is 0.385. The third-order valence-electron chi connectivity index (χ3n) is 3.16. The van der Waals surface area contributed by atoms with E-state index in [0.29, 0.717) is 19.7 Å². The van der Waals surface area contributed by atoms with Crippen LogP contribution in [0, 0.1) is 5.82 Å². The molecule has 0 fully saturated rings. The van der Waals surface area contributed by atoms with E-state index >= 15 is 0 Å². The molecule has 0 aliphatic carbocycles. The van der Waals surface area contributed by atoms with E-state index in [2.05, 4.69) is 15.6 Å². The molecule has 6 heteroatoms. The lowest BCUT2D eigenvalue weighted by molar-refractivity contribution is 0.000980. The van der Waals surface area contributed by atoms with Crippen LogP contribution in [-0.2, 0) is 24.4 Å². The standard InChI is InChI=1S/C13H15FN4O/c14-11-3-1-10(2-4-11)5-15-7-13-8-18-12(9-19-13)6-16-17-18/h1-4,6,13,15H,5,7-9H2/t13-/m1/s1. The van der Waals surface area contributed by atoms with Gasteiger partial charge in [-0.3, -0.25) is 0 Å². The molecule has 0 saturated heterocycles. The highest BCUT2D eigenvalue weighted by molar-refractivity contribution is 5.15. The number of fused-ring (bicyclic) bond motifs is 1. The first-order valence-corrected chi connectivity index (χ1v) is 6.25. The van der Waals surface area contributed by atoms with Crippen LogP contribution in [-0.4, -0.2) is 27.6 Å². The quantitative estimate of drug-likeness (QED) is 0.896. The maximum absolute atomic E-state index is 12.8. The van der Waals surface area contributed by atoms with E-state index in [4.69, 9.17) is 4.74 Å². The number of aromatic nitrogens is 3. The second-order valence-corrected chi connectivity index (χ2v) is 4.60. The predicted molar refractivity (Wildman–Crippen MR) is 66.7 cm³/mol. The van der Waals surface area contributed by atoms with Crippen LogP contribution < -0.4 is 5.32 Å². The van der Waals surface area contributed by atoms with E-state index in [-0.39, 0.29) is 11.9 Å². The van der Waals surface area contributed by atoms with Crippen molar-refractivity contribution < 1.29 is 9.13 Å². The van der Waals surface area contributed by atoms with Crippen LogP contribution in [0.2, 0.25) is 0 Å². The number of hydrogen-bond donors (Lipinski definition) is 1. The maximum atomic E-state index is 12.8. The molecular weight excluding hydrogens is 247 g/mol. The zero-order chi connectivity index (χ0) is 13.1. The van der Waals surface area contributed by atoms with Gasteiger partial charge in [0.15, 0.2) is 0 Å². The predicted octanol–water partition coefficient (Wildman–Crippen LogP) is 1.11. The molecule has 1 aromatic heterocycles. The summed E-state index contributed by atoms with van der Waals surface area (Å²) in [6, 6.07) is 6.49. The molecule has 0 amide bonds. The zero-order valence-corrected chi connectivity index (χ0v) is 10.4. The number of benzene rings is 1. The third-order valence-corrected chi connectivity index (χ3v) is 3.16. The monoisotopic (exact) mass is 262 g/mol. The summed E-state index contributed by atoms with van der Waals surface area (Å²) in [4.78, 5) is 0. The van der Waals surface area contributed by atoms with Crippen LogP contribution in [0.5, 0.6) is 0 Å². The smallest absolute Gasteiger partial charge is 0.123 e. The Bertz CT molecular complexity index is 540. The van der Waals surface area contributed by atoms with Gasteiger partial charge in [0.25, 0.3) is 0 Å². The van der Waals surface area contributed by atoms with Crippen molar-refractivity contribution in [3.05, 3.63) is 47.5 Å². The number of nitrogens with zero attached hydrogens (tertiary/aromatic N) is 3. The molecule has 3 rings (SSSR count). The Labute approximate surface area is 110 Å². The Morgan fingerprint density at radius 1 is 1.37 bits per heavy atom. The summed E-state index contributed by atoms with van der Waals surface area (Å²) >= 11 is 0. The second kappa shape index (κ2) is 5.46. The first kappa shape index (κ1) is 12.3. The number of rotatable bonds is 4. The van der Waals surface area contributed by atoms with Gasteiger partial charge in [-0.1, -0.05) is 17.3 Å². The molecule has 1 N–H and O–H groups in total. The van der Waals surface area contributed by atoms with Crippen molar-refractivity contribution in [3.8, 4) is 0 Å².